The van der Waals surface area contributed by atoms with Crippen molar-refractivity contribution in [2.45, 2.75) is 18.2 Å². The minimum Gasteiger partial charge on any atom is -0.496 e. The monoisotopic (exact) mass is 349 g/mol. The van der Waals surface area contributed by atoms with Gasteiger partial charge in [-0.2, -0.15) is 0 Å². The van der Waals surface area contributed by atoms with Crippen LogP contribution in [0.4, 0.5) is 5.69 Å². The number of nitrogens with one attached hydrogen (secondary N) is 1. The lowest BCUT2D eigenvalue weighted by atomic mass is 10.1. The second-order valence-electron chi connectivity index (χ2n) is 5.01. The Kier molecular flexibility index (Phi) is 5.46. The van der Waals surface area contributed by atoms with Crippen molar-refractivity contribution in [3.8, 4) is 5.75 Å². The summed E-state index contributed by atoms with van der Waals surface area (Å²) in [5, 5.41) is 0. The number of anilines is 1. The summed E-state index contributed by atoms with van der Waals surface area (Å²) in [5.41, 5.74) is 1.34. The molecule has 7 heteroatoms. The fraction of sp³-hybridized carbons (Fsp3) is 0.235. The second kappa shape index (κ2) is 7.35. The van der Waals surface area contributed by atoms with Gasteiger partial charge in [-0.3, -0.25) is 4.72 Å². The molecule has 0 aliphatic rings. The van der Waals surface area contributed by atoms with Gasteiger partial charge in [0.05, 0.1) is 24.7 Å². The molecule has 0 fully saturated rings. The molecule has 0 unspecified atom stereocenters. The van der Waals surface area contributed by atoms with E-state index in [4.69, 9.17) is 4.74 Å². The first-order valence-corrected chi connectivity index (χ1v) is 8.77. The highest BCUT2D eigenvalue weighted by Crippen LogP contribution is 2.24. The number of ether oxygens (including phenoxy) is 2. The van der Waals surface area contributed by atoms with Crippen molar-refractivity contribution >= 4 is 21.7 Å². The maximum Gasteiger partial charge on any atom is 0.337 e. The predicted molar refractivity (Wildman–Crippen MR) is 91.0 cm³/mol. The van der Waals surface area contributed by atoms with E-state index in [2.05, 4.69) is 9.46 Å². The molecular weight excluding hydrogens is 330 g/mol. The van der Waals surface area contributed by atoms with Crippen LogP contribution in [0.15, 0.2) is 47.4 Å². The standard InChI is InChI=1S/C17H19NO5S/c1-4-12-11-15(8-9-16(12)22-2)24(20,21)18-14-7-5-6-13(10-14)17(19)23-3/h5-11,18H,4H2,1-3H3. The maximum absolute atomic E-state index is 12.6. The molecule has 6 nitrogen and oxygen atoms in total. The van der Waals surface area contributed by atoms with Crippen molar-refractivity contribution in [3.05, 3.63) is 53.6 Å². The maximum atomic E-state index is 12.6. The zero-order valence-corrected chi connectivity index (χ0v) is 14.5. The van der Waals surface area contributed by atoms with Gasteiger partial charge < -0.3 is 9.47 Å². The van der Waals surface area contributed by atoms with Crippen LogP contribution in [-0.2, 0) is 21.2 Å². The predicted octanol–water partition coefficient (Wildman–Crippen LogP) is 2.85. The third kappa shape index (κ3) is 3.86. The molecular formula is C17H19NO5S. The van der Waals surface area contributed by atoms with Crippen LogP contribution < -0.4 is 9.46 Å². The first-order valence-electron chi connectivity index (χ1n) is 7.29. The Balaban J connectivity index is 2.33. The lowest BCUT2D eigenvalue weighted by Crippen LogP contribution is -2.14. The first-order chi connectivity index (χ1) is 11.4. The van der Waals surface area contributed by atoms with E-state index in [0.29, 0.717) is 12.2 Å². The van der Waals surface area contributed by atoms with E-state index in [-0.39, 0.29) is 16.1 Å². The molecule has 0 atom stereocenters. The first kappa shape index (κ1) is 17.8. The lowest BCUT2D eigenvalue weighted by molar-refractivity contribution is 0.0601. The molecule has 0 amide bonds. The van der Waals surface area contributed by atoms with Crippen LogP contribution in [0.2, 0.25) is 0 Å². The smallest absolute Gasteiger partial charge is 0.337 e. The highest BCUT2D eigenvalue weighted by Gasteiger charge is 2.17. The largest absolute Gasteiger partial charge is 0.496 e. The Morgan fingerprint density at radius 3 is 2.50 bits per heavy atom. The number of carbonyl (C=O) groups excluding carboxylic acids is 1. The number of hydrogen-bond acceptors (Lipinski definition) is 5. The molecule has 0 aliphatic carbocycles. The number of benzene rings is 2. The van der Waals surface area contributed by atoms with E-state index in [1.165, 1.54) is 19.2 Å². The number of methoxy groups -OCH3 is 2. The molecule has 1 N–H and O–H groups in total. The van der Waals surface area contributed by atoms with Crippen molar-refractivity contribution in [3.63, 3.8) is 0 Å². The van der Waals surface area contributed by atoms with Crippen molar-refractivity contribution in [1.82, 2.24) is 0 Å². The summed E-state index contributed by atoms with van der Waals surface area (Å²) < 4.78 is 37.4. The number of hydrogen-bond donors (Lipinski definition) is 1. The van der Waals surface area contributed by atoms with Gasteiger partial charge in [-0.25, -0.2) is 13.2 Å². The fourth-order valence-corrected chi connectivity index (χ4v) is 3.34. The summed E-state index contributed by atoms with van der Waals surface area (Å²) in [6.07, 6.45) is 0.643. The minimum atomic E-state index is -3.78. The number of rotatable bonds is 6. The summed E-state index contributed by atoms with van der Waals surface area (Å²) in [5.74, 6) is 0.109. The molecule has 0 heterocycles. The Morgan fingerprint density at radius 2 is 1.88 bits per heavy atom. The molecule has 0 bridgehead atoms. The van der Waals surface area contributed by atoms with E-state index in [9.17, 15) is 13.2 Å². The molecule has 0 saturated heterocycles. The van der Waals surface area contributed by atoms with Crippen molar-refractivity contribution < 1.29 is 22.7 Å². The van der Waals surface area contributed by atoms with Gasteiger partial charge in [-0.05, 0) is 48.4 Å². The molecule has 128 valence electrons. The van der Waals surface area contributed by atoms with Gasteiger partial charge >= 0.3 is 5.97 Å². The van der Waals surface area contributed by atoms with Gasteiger partial charge in [0, 0.05) is 5.69 Å². The third-order valence-electron chi connectivity index (χ3n) is 3.48. The summed E-state index contributed by atoms with van der Waals surface area (Å²) in [6.45, 7) is 1.92. The number of esters is 1. The van der Waals surface area contributed by atoms with Crippen LogP contribution in [0.1, 0.15) is 22.8 Å². The SMILES string of the molecule is CCc1cc(S(=O)(=O)Nc2cccc(C(=O)OC)c2)ccc1OC. The Labute approximate surface area is 141 Å². The van der Waals surface area contributed by atoms with Crippen LogP contribution in [0.25, 0.3) is 0 Å². The molecule has 0 spiro atoms. The molecule has 2 aromatic carbocycles. The molecule has 24 heavy (non-hydrogen) atoms. The topological polar surface area (TPSA) is 81.7 Å². The lowest BCUT2D eigenvalue weighted by Gasteiger charge is -2.12. The summed E-state index contributed by atoms with van der Waals surface area (Å²) in [7, 11) is -0.970. The summed E-state index contributed by atoms with van der Waals surface area (Å²) >= 11 is 0. The van der Waals surface area contributed by atoms with Gasteiger partial charge in [0.25, 0.3) is 10.0 Å². The van der Waals surface area contributed by atoms with Crippen LogP contribution >= 0.6 is 0 Å². The number of aryl methyl sites for hydroxylation is 1. The van der Waals surface area contributed by atoms with Gasteiger partial charge in [-0.1, -0.05) is 13.0 Å². The van der Waals surface area contributed by atoms with Gasteiger partial charge in [0.15, 0.2) is 0 Å². The highest BCUT2D eigenvalue weighted by atomic mass is 32.2. The Morgan fingerprint density at radius 1 is 1.12 bits per heavy atom. The molecule has 0 aromatic heterocycles. The number of sulfonamides is 1. The normalized spacial score (nSPS) is 11.0. The van der Waals surface area contributed by atoms with Crippen molar-refractivity contribution in [1.29, 1.82) is 0 Å². The zero-order valence-electron chi connectivity index (χ0n) is 13.7. The summed E-state index contributed by atoms with van der Waals surface area (Å²) in [4.78, 5) is 11.7. The van der Waals surface area contributed by atoms with E-state index >= 15 is 0 Å². The average Bonchev–Trinajstić information content (AvgIpc) is 2.60. The second-order valence-corrected chi connectivity index (χ2v) is 6.69. The molecule has 2 aromatic rings. The zero-order chi connectivity index (χ0) is 17.7. The van der Waals surface area contributed by atoms with Crippen molar-refractivity contribution in [2.24, 2.45) is 0 Å². The number of carbonyl (C=O) groups is 1. The van der Waals surface area contributed by atoms with Gasteiger partial charge in [0.1, 0.15) is 5.75 Å². The Hall–Kier alpha value is -2.54. The molecule has 0 radical (unpaired) electrons. The molecule has 0 aliphatic heterocycles. The fourth-order valence-electron chi connectivity index (χ4n) is 2.24. The average molecular weight is 349 g/mol. The van der Waals surface area contributed by atoms with E-state index < -0.39 is 16.0 Å². The van der Waals surface area contributed by atoms with Crippen LogP contribution in [0.5, 0.6) is 5.75 Å². The van der Waals surface area contributed by atoms with E-state index in [0.717, 1.165) is 5.56 Å². The van der Waals surface area contributed by atoms with Crippen LogP contribution in [0.3, 0.4) is 0 Å². The Bertz CT molecular complexity index is 846. The van der Waals surface area contributed by atoms with E-state index in [1.807, 2.05) is 6.92 Å². The van der Waals surface area contributed by atoms with Crippen LogP contribution in [0, 0.1) is 0 Å². The van der Waals surface area contributed by atoms with Gasteiger partial charge in [0.2, 0.25) is 0 Å². The van der Waals surface area contributed by atoms with Crippen LogP contribution in [-0.4, -0.2) is 28.6 Å². The highest BCUT2D eigenvalue weighted by molar-refractivity contribution is 7.92. The van der Waals surface area contributed by atoms with Crippen molar-refractivity contribution in [2.75, 3.05) is 18.9 Å². The molecule has 2 rings (SSSR count). The van der Waals surface area contributed by atoms with E-state index in [1.54, 1.807) is 37.4 Å². The summed E-state index contributed by atoms with van der Waals surface area (Å²) in [6, 6.07) is 10.8. The third-order valence-corrected chi connectivity index (χ3v) is 4.86. The minimum absolute atomic E-state index is 0.128. The quantitative estimate of drug-likeness (QED) is 0.811. The van der Waals surface area contributed by atoms with Gasteiger partial charge in [-0.15, -0.1) is 0 Å². The molecule has 0 saturated carbocycles.